The zero-order valence-electron chi connectivity index (χ0n) is 12.5. The lowest BCUT2D eigenvalue weighted by atomic mass is 10.4. The van der Waals surface area contributed by atoms with Gasteiger partial charge in [-0.15, -0.1) is 0 Å². The van der Waals surface area contributed by atoms with Crippen molar-refractivity contribution in [2.45, 2.75) is 0 Å². The first kappa shape index (κ1) is 15.1. The molecule has 118 valence electrons. The van der Waals surface area contributed by atoms with Crippen molar-refractivity contribution in [2.24, 2.45) is 0 Å². The molecule has 0 bridgehead atoms. The van der Waals surface area contributed by atoms with Crippen LogP contribution in [0.3, 0.4) is 0 Å². The van der Waals surface area contributed by atoms with Crippen LogP contribution in [0.2, 0.25) is 0 Å². The molecule has 0 radical (unpaired) electrons. The predicted molar refractivity (Wildman–Crippen MR) is 90.0 cm³/mol. The van der Waals surface area contributed by atoms with Crippen molar-refractivity contribution in [1.82, 2.24) is 15.6 Å². The molecule has 1 aromatic rings. The van der Waals surface area contributed by atoms with E-state index in [-0.39, 0.29) is 0 Å². The number of anilines is 2. The van der Waals surface area contributed by atoms with Crippen molar-refractivity contribution in [3.05, 3.63) is 77.5 Å². The van der Waals surface area contributed by atoms with Crippen LogP contribution in [0.1, 0.15) is 0 Å². The molecule has 0 fully saturated rings. The maximum absolute atomic E-state index is 11.8. The van der Waals surface area contributed by atoms with Gasteiger partial charge in [0.2, 0.25) is 0 Å². The third kappa shape index (κ3) is 4.11. The number of carbonyl (C=O) groups excluding carboxylic acids is 2. The molecule has 4 N–H and O–H groups in total. The summed E-state index contributed by atoms with van der Waals surface area (Å²) in [6, 6.07) is 4.00. The third-order valence-electron chi connectivity index (χ3n) is 2.92. The number of hydrogen-bond donors (Lipinski definition) is 4. The number of carbonyl (C=O) groups is 2. The minimum absolute atomic E-state index is 0.303. The minimum atomic E-state index is -0.446. The van der Waals surface area contributed by atoms with Crippen molar-refractivity contribution in [3.8, 4) is 0 Å². The van der Waals surface area contributed by atoms with E-state index in [1.165, 1.54) is 0 Å². The van der Waals surface area contributed by atoms with Crippen LogP contribution >= 0.6 is 0 Å². The highest BCUT2D eigenvalue weighted by atomic mass is 16.2. The maximum Gasteiger partial charge on any atom is 0.325 e. The number of hydrogen-bond acceptors (Lipinski definition) is 3. The Balaban J connectivity index is 1.57. The Bertz CT molecular complexity index is 813. The van der Waals surface area contributed by atoms with Crippen LogP contribution in [-0.2, 0) is 0 Å². The van der Waals surface area contributed by atoms with Crippen LogP contribution in [0.15, 0.2) is 77.5 Å². The highest BCUT2D eigenvalue weighted by Gasteiger charge is 2.08. The third-order valence-corrected chi connectivity index (χ3v) is 2.92. The quantitative estimate of drug-likeness (QED) is 0.642. The van der Waals surface area contributed by atoms with E-state index >= 15 is 0 Å². The second-order valence-corrected chi connectivity index (χ2v) is 4.73. The van der Waals surface area contributed by atoms with E-state index < -0.39 is 12.1 Å². The molecule has 0 saturated carbocycles. The van der Waals surface area contributed by atoms with Gasteiger partial charge in [0.25, 0.3) is 0 Å². The molecule has 0 unspecified atom stereocenters. The predicted octanol–water partition coefficient (Wildman–Crippen LogP) is 2.54. The highest BCUT2D eigenvalue weighted by Crippen LogP contribution is 2.10. The van der Waals surface area contributed by atoms with Crippen molar-refractivity contribution in [3.63, 3.8) is 0 Å². The van der Waals surface area contributed by atoms with Crippen LogP contribution in [0.5, 0.6) is 0 Å². The van der Waals surface area contributed by atoms with Gasteiger partial charge in [-0.2, -0.15) is 0 Å². The van der Waals surface area contributed by atoms with E-state index in [0.717, 1.165) is 0 Å². The van der Waals surface area contributed by atoms with Crippen LogP contribution in [-0.4, -0.2) is 17.0 Å². The summed E-state index contributed by atoms with van der Waals surface area (Å²) in [4.78, 5) is 27.8. The van der Waals surface area contributed by atoms with Gasteiger partial charge in [-0.3, -0.25) is 10.6 Å². The van der Waals surface area contributed by atoms with Gasteiger partial charge in [-0.05, 0) is 36.4 Å². The number of allylic oxidation sites excluding steroid dienone is 4. The Morgan fingerprint density at radius 1 is 0.792 bits per heavy atom. The monoisotopic (exact) mass is 319 g/mol. The molecule has 7 nitrogen and oxygen atoms in total. The maximum atomic E-state index is 11.8. The van der Waals surface area contributed by atoms with Crippen LogP contribution in [0.25, 0.3) is 0 Å². The molecule has 1 aromatic heterocycles. The van der Waals surface area contributed by atoms with Gasteiger partial charge in [0, 0.05) is 0 Å². The first-order valence-electron chi connectivity index (χ1n) is 7.09. The van der Waals surface area contributed by atoms with E-state index in [4.69, 9.17) is 0 Å². The summed E-state index contributed by atoms with van der Waals surface area (Å²) in [7, 11) is 0. The number of nitrogens with zero attached hydrogens (tertiary/aromatic N) is 1. The van der Waals surface area contributed by atoms with Gasteiger partial charge in [0.15, 0.2) is 0 Å². The largest absolute Gasteiger partial charge is 0.325 e. The zero-order chi connectivity index (χ0) is 16.8. The molecule has 0 spiro atoms. The summed E-state index contributed by atoms with van der Waals surface area (Å²) >= 11 is 0. The van der Waals surface area contributed by atoms with Gasteiger partial charge < -0.3 is 10.6 Å². The second kappa shape index (κ2) is 6.98. The fourth-order valence-corrected chi connectivity index (χ4v) is 1.93. The van der Waals surface area contributed by atoms with Crippen LogP contribution in [0, 0.1) is 0 Å². The molecule has 1 heterocycles. The lowest BCUT2D eigenvalue weighted by Gasteiger charge is -2.09. The molecular formula is C17H13N5O2. The summed E-state index contributed by atoms with van der Waals surface area (Å²) in [5.41, 5.74) is 6.83. The van der Waals surface area contributed by atoms with E-state index in [0.29, 0.717) is 23.0 Å². The molecule has 24 heavy (non-hydrogen) atoms. The van der Waals surface area contributed by atoms with Gasteiger partial charge in [0.1, 0.15) is 11.6 Å². The Kier molecular flexibility index (Phi) is 4.40. The topological polar surface area (TPSA) is 95.2 Å². The number of urea groups is 2. The molecule has 3 rings (SSSR count). The van der Waals surface area contributed by atoms with Gasteiger partial charge in [0.05, 0.1) is 11.4 Å². The first-order chi connectivity index (χ1) is 11.7. The second-order valence-electron chi connectivity index (χ2n) is 4.73. The van der Waals surface area contributed by atoms with Crippen molar-refractivity contribution in [2.75, 3.05) is 10.6 Å². The lowest BCUT2D eigenvalue weighted by Crippen LogP contribution is -2.28. The SMILES string of the molecule is O=C(NC1=C=CC=C1)Nc1cccc(NC(=O)NC2=C=CC=C2)n1. The highest BCUT2D eigenvalue weighted by molar-refractivity contribution is 5.92. The number of rotatable bonds is 4. The van der Waals surface area contributed by atoms with Gasteiger partial charge >= 0.3 is 12.1 Å². The number of amides is 4. The molecule has 2 aliphatic carbocycles. The molecule has 0 aromatic carbocycles. The number of nitrogens with one attached hydrogen (secondary N) is 4. The Morgan fingerprint density at radius 3 is 1.71 bits per heavy atom. The lowest BCUT2D eigenvalue weighted by molar-refractivity contribution is 0.254. The van der Waals surface area contributed by atoms with E-state index in [1.807, 2.05) is 0 Å². The first-order valence-corrected chi connectivity index (χ1v) is 7.09. The van der Waals surface area contributed by atoms with E-state index in [9.17, 15) is 9.59 Å². The molecule has 2 aliphatic rings. The van der Waals surface area contributed by atoms with E-state index in [1.54, 1.807) is 54.7 Å². The standard InChI is InChI=1S/C17H13N5O2/c23-16(18-12-6-1-2-7-12)21-14-10-5-11-15(20-14)22-17(24)19-13-8-3-4-9-13/h1-6,8,10-11H,(H4,18,19,20,21,22,23,24). The molecule has 7 heteroatoms. The molecule has 0 saturated heterocycles. The average molecular weight is 319 g/mol. The molecule has 0 atom stereocenters. The average Bonchev–Trinajstić information content (AvgIpc) is 3.21. The Hall–Kier alpha value is -3.79. The normalized spacial score (nSPS) is 13.5. The fourth-order valence-electron chi connectivity index (χ4n) is 1.93. The smallest absolute Gasteiger partial charge is 0.301 e. The van der Waals surface area contributed by atoms with Crippen molar-refractivity contribution in [1.29, 1.82) is 0 Å². The van der Waals surface area contributed by atoms with Gasteiger partial charge in [-0.25, -0.2) is 14.6 Å². The Morgan fingerprint density at radius 2 is 1.29 bits per heavy atom. The number of pyridine rings is 1. The molecule has 4 amide bonds. The summed E-state index contributed by atoms with van der Waals surface area (Å²) in [5, 5.41) is 10.4. The summed E-state index contributed by atoms with van der Waals surface area (Å²) in [6.45, 7) is 0. The van der Waals surface area contributed by atoms with Crippen molar-refractivity contribution < 1.29 is 9.59 Å². The summed E-state index contributed by atoms with van der Waals surface area (Å²) in [6.07, 6.45) is 10.4. The minimum Gasteiger partial charge on any atom is -0.301 e. The van der Waals surface area contributed by atoms with Gasteiger partial charge in [-0.1, -0.05) is 29.7 Å². The van der Waals surface area contributed by atoms with Crippen LogP contribution < -0.4 is 21.3 Å². The van der Waals surface area contributed by atoms with Crippen molar-refractivity contribution >= 4 is 23.7 Å². The number of aromatic nitrogens is 1. The molecular weight excluding hydrogens is 306 g/mol. The summed E-state index contributed by atoms with van der Waals surface area (Å²) in [5.74, 6) is 0.605. The zero-order valence-corrected chi connectivity index (χ0v) is 12.5. The fraction of sp³-hybridized carbons (Fsp3) is 0. The summed E-state index contributed by atoms with van der Waals surface area (Å²) < 4.78 is 0. The molecule has 0 aliphatic heterocycles. The van der Waals surface area contributed by atoms with Crippen LogP contribution in [0.4, 0.5) is 21.2 Å². The van der Waals surface area contributed by atoms with E-state index in [2.05, 4.69) is 37.7 Å². The Labute approximate surface area is 137 Å².